The number of carbonyl (C=O) groups is 1. The van der Waals surface area contributed by atoms with Crippen LogP contribution in [0.1, 0.15) is 69.0 Å². The number of likely N-dealkylation sites (tertiary alicyclic amines) is 1. The number of amides is 1. The van der Waals surface area contributed by atoms with Crippen molar-refractivity contribution in [1.29, 1.82) is 0 Å². The van der Waals surface area contributed by atoms with Gasteiger partial charge in [-0.15, -0.1) is 6.58 Å². The lowest BCUT2D eigenvalue weighted by atomic mass is 9.66. The molecule has 36 heavy (non-hydrogen) atoms. The van der Waals surface area contributed by atoms with Gasteiger partial charge in [-0.1, -0.05) is 60.5 Å². The van der Waals surface area contributed by atoms with Crippen LogP contribution in [0.3, 0.4) is 0 Å². The fraction of sp³-hybridized carbons (Fsp3) is 0.464. The van der Waals surface area contributed by atoms with Gasteiger partial charge in [0.25, 0.3) is 0 Å². The Hall–Kier alpha value is -1.86. The SMILES string of the molecule is C=CC[C@@]1(C)C[C@H](c2cccc(Cl)c2)[C@@H](c2ccc(Cl)cc2)N([C@@H](CC(C)S(N)(=O)=O)C2CC2)C1=O. The molecule has 2 aliphatic rings. The van der Waals surface area contributed by atoms with E-state index in [1.165, 1.54) is 0 Å². The third-order valence-corrected chi connectivity index (χ3v) is 9.64. The summed E-state index contributed by atoms with van der Waals surface area (Å²) < 4.78 is 24.5. The van der Waals surface area contributed by atoms with Gasteiger partial charge in [-0.05, 0) is 80.3 Å². The summed E-state index contributed by atoms with van der Waals surface area (Å²) in [5, 5.41) is 6.02. The monoisotopic (exact) mass is 548 g/mol. The molecule has 0 spiro atoms. The van der Waals surface area contributed by atoms with Crippen LogP contribution < -0.4 is 5.14 Å². The second-order valence-electron chi connectivity index (χ2n) is 10.7. The highest BCUT2D eigenvalue weighted by atomic mass is 35.5. The summed E-state index contributed by atoms with van der Waals surface area (Å²) in [5.74, 6) is 0.205. The van der Waals surface area contributed by atoms with E-state index in [4.69, 9.17) is 28.3 Å². The van der Waals surface area contributed by atoms with E-state index in [0.717, 1.165) is 24.0 Å². The van der Waals surface area contributed by atoms with Crippen molar-refractivity contribution in [3.05, 3.63) is 82.4 Å². The number of nitrogens with two attached hydrogens (primary N) is 1. The van der Waals surface area contributed by atoms with Crippen LogP contribution in [0.15, 0.2) is 61.2 Å². The molecule has 1 aliphatic heterocycles. The van der Waals surface area contributed by atoms with Crippen LogP contribution in [0, 0.1) is 11.3 Å². The minimum atomic E-state index is -3.75. The van der Waals surface area contributed by atoms with Crippen LogP contribution in [0.25, 0.3) is 0 Å². The van der Waals surface area contributed by atoms with Gasteiger partial charge in [-0.2, -0.15) is 0 Å². The summed E-state index contributed by atoms with van der Waals surface area (Å²) in [6.45, 7) is 7.55. The van der Waals surface area contributed by atoms with Crippen molar-refractivity contribution < 1.29 is 13.2 Å². The van der Waals surface area contributed by atoms with Gasteiger partial charge in [0.1, 0.15) is 0 Å². The highest BCUT2D eigenvalue weighted by molar-refractivity contribution is 7.89. The van der Waals surface area contributed by atoms with Crippen molar-refractivity contribution in [3.63, 3.8) is 0 Å². The highest BCUT2D eigenvalue weighted by Crippen LogP contribution is 2.54. The Morgan fingerprint density at radius 2 is 1.81 bits per heavy atom. The number of piperidine rings is 1. The number of carbonyl (C=O) groups excluding carboxylic acids is 1. The van der Waals surface area contributed by atoms with Gasteiger partial charge in [0.2, 0.25) is 15.9 Å². The normalized spacial score (nSPS) is 26.5. The summed E-state index contributed by atoms with van der Waals surface area (Å²) in [4.78, 5) is 16.4. The molecule has 0 aromatic heterocycles. The minimum Gasteiger partial charge on any atom is -0.331 e. The van der Waals surface area contributed by atoms with Gasteiger partial charge in [-0.25, -0.2) is 13.6 Å². The van der Waals surface area contributed by atoms with Gasteiger partial charge in [-0.3, -0.25) is 4.79 Å². The van der Waals surface area contributed by atoms with Crippen molar-refractivity contribution in [2.75, 3.05) is 0 Å². The van der Waals surface area contributed by atoms with Crippen molar-refractivity contribution in [3.8, 4) is 0 Å². The summed E-state index contributed by atoms with van der Waals surface area (Å²) in [7, 11) is -3.75. The number of sulfonamides is 1. The van der Waals surface area contributed by atoms with Crippen molar-refractivity contribution in [2.45, 2.75) is 69.2 Å². The maximum absolute atomic E-state index is 14.4. The Labute approximate surface area is 224 Å². The van der Waals surface area contributed by atoms with Crippen LogP contribution >= 0.6 is 23.2 Å². The molecule has 1 aliphatic carbocycles. The number of halogens is 2. The van der Waals surface area contributed by atoms with Crippen molar-refractivity contribution >= 4 is 39.1 Å². The molecule has 1 unspecified atom stereocenters. The average Bonchev–Trinajstić information content (AvgIpc) is 3.65. The van der Waals surface area contributed by atoms with Crippen molar-refractivity contribution in [2.24, 2.45) is 16.5 Å². The zero-order chi connectivity index (χ0) is 26.3. The fourth-order valence-electron chi connectivity index (χ4n) is 5.74. The molecule has 2 aromatic carbocycles. The maximum atomic E-state index is 14.4. The van der Waals surface area contributed by atoms with E-state index in [1.807, 2.05) is 54.3 Å². The zero-order valence-electron chi connectivity index (χ0n) is 20.7. The first-order valence-corrected chi connectivity index (χ1v) is 14.8. The summed E-state index contributed by atoms with van der Waals surface area (Å²) in [6.07, 6.45) is 5.15. The van der Waals surface area contributed by atoms with Crippen LogP contribution in [0.5, 0.6) is 0 Å². The van der Waals surface area contributed by atoms with Crippen LogP contribution in [0.4, 0.5) is 0 Å². The lowest BCUT2D eigenvalue weighted by molar-refractivity contribution is -0.155. The third-order valence-electron chi connectivity index (χ3n) is 7.84. The molecule has 8 heteroatoms. The van der Waals surface area contributed by atoms with Gasteiger partial charge < -0.3 is 4.90 Å². The number of nitrogens with zero attached hydrogens (tertiary/aromatic N) is 1. The zero-order valence-corrected chi connectivity index (χ0v) is 23.1. The topological polar surface area (TPSA) is 80.5 Å². The molecule has 5 atom stereocenters. The second-order valence-corrected chi connectivity index (χ2v) is 13.5. The van der Waals surface area contributed by atoms with Crippen LogP contribution in [0.2, 0.25) is 10.0 Å². The molecule has 1 heterocycles. The number of rotatable bonds is 9. The number of hydrogen-bond donors (Lipinski definition) is 1. The standard InChI is InChI=1S/C28H34Cl2N2O3S/c1-4-14-28(3)17-24(21-6-5-7-23(30)16-21)26(20-10-12-22(29)13-11-20)32(27(28)33)25(19-8-9-19)15-18(2)36(31,34)35/h4-7,10-13,16,18-19,24-26H,1,8-9,14-15,17H2,2-3H3,(H2,31,34,35)/t18?,24-,25+,26-,28+/m1/s1. The Morgan fingerprint density at radius 3 is 2.36 bits per heavy atom. The molecule has 194 valence electrons. The minimum absolute atomic E-state index is 0.0270. The van der Waals surface area contributed by atoms with E-state index in [2.05, 4.69) is 12.6 Å². The quantitative estimate of drug-likeness (QED) is 0.364. The first kappa shape index (κ1) is 27.2. The predicted molar refractivity (Wildman–Crippen MR) is 146 cm³/mol. The van der Waals surface area contributed by atoms with Crippen molar-refractivity contribution in [1.82, 2.24) is 4.90 Å². The lowest BCUT2D eigenvalue weighted by Gasteiger charge is -2.52. The smallest absolute Gasteiger partial charge is 0.229 e. The Balaban J connectivity index is 1.90. The van der Waals surface area contributed by atoms with Gasteiger partial charge >= 0.3 is 0 Å². The first-order valence-electron chi connectivity index (χ1n) is 12.4. The van der Waals surface area contributed by atoms with Gasteiger partial charge in [0.05, 0.1) is 16.7 Å². The number of allylic oxidation sites excluding steroid dienone is 1. The molecule has 1 saturated heterocycles. The Morgan fingerprint density at radius 1 is 1.14 bits per heavy atom. The van der Waals surface area contributed by atoms with Gasteiger partial charge in [0.15, 0.2) is 0 Å². The molecular formula is C28H34Cl2N2O3S. The van der Waals surface area contributed by atoms with Gasteiger partial charge in [0, 0.05) is 22.0 Å². The van der Waals surface area contributed by atoms with Crippen LogP contribution in [-0.4, -0.2) is 30.5 Å². The molecule has 0 bridgehead atoms. The summed E-state index contributed by atoms with van der Waals surface area (Å²) in [5.41, 5.74) is 1.33. The Kier molecular flexibility index (Phi) is 7.92. The fourth-order valence-corrected chi connectivity index (χ4v) is 6.53. The highest BCUT2D eigenvalue weighted by Gasteiger charge is 2.53. The lowest BCUT2D eigenvalue weighted by Crippen LogP contribution is -2.57. The molecule has 1 saturated carbocycles. The average molecular weight is 550 g/mol. The van der Waals surface area contributed by atoms with E-state index in [9.17, 15) is 13.2 Å². The number of primary sulfonamides is 1. The first-order chi connectivity index (χ1) is 16.9. The van der Waals surface area contributed by atoms with E-state index in [-0.39, 0.29) is 29.8 Å². The molecule has 4 rings (SSSR count). The molecular weight excluding hydrogens is 515 g/mol. The Bertz CT molecular complexity index is 1230. The summed E-state index contributed by atoms with van der Waals surface area (Å²) in [6, 6.07) is 14.9. The van der Waals surface area contributed by atoms with E-state index in [0.29, 0.717) is 29.3 Å². The van der Waals surface area contributed by atoms with E-state index < -0.39 is 20.7 Å². The molecule has 2 N–H and O–H groups in total. The molecule has 2 aromatic rings. The molecule has 0 radical (unpaired) electrons. The van der Waals surface area contributed by atoms with E-state index >= 15 is 0 Å². The van der Waals surface area contributed by atoms with E-state index in [1.54, 1.807) is 13.0 Å². The maximum Gasteiger partial charge on any atom is 0.229 e. The molecule has 2 fully saturated rings. The number of benzene rings is 2. The summed E-state index contributed by atoms with van der Waals surface area (Å²) >= 11 is 12.7. The predicted octanol–water partition coefficient (Wildman–Crippen LogP) is 6.48. The second kappa shape index (κ2) is 10.5. The third kappa shape index (κ3) is 5.67. The van der Waals surface area contributed by atoms with Crippen LogP contribution in [-0.2, 0) is 14.8 Å². The molecule has 5 nitrogen and oxygen atoms in total. The largest absolute Gasteiger partial charge is 0.331 e. The number of hydrogen-bond acceptors (Lipinski definition) is 3. The molecule has 1 amide bonds.